The third kappa shape index (κ3) is 3.57. The van der Waals surface area contributed by atoms with E-state index in [9.17, 15) is 9.18 Å². The van der Waals surface area contributed by atoms with E-state index >= 15 is 0 Å². The second-order valence-corrected chi connectivity index (χ2v) is 6.41. The molecule has 20 heavy (non-hydrogen) atoms. The van der Waals surface area contributed by atoms with Gasteiger partial charge in [0, 0.05) is 43.7 Å². The number of amides is 1. The Morgan fingerprint density at radius 1 is 1.15 bits per heavy atom. The molecule has 1 heterocycles. The van der Waals surface area contributed by atoms with E-state index in [4.69, 9.17) is 0 Å². The predicted octanol–water partition coefficient (Wildman–Crippen LogP) is 2.52. The average Bonchev–Trinajstić information content (AvgIpc) is 2.40. The molecule has 1 aliphatic heterocycles. The quantitative estimate of drug-likeness (QED) is 0.830. The van der Waals surface area contributed by atoms with Gasteiger partial charge >= 0.3 is 0 Å². The van der Waals surface area contributed by atoms with Gasteiger partial charge < -0.3 is 4.90 Å². The van der Waals surface area contributed by atoms with Crippen LogP contribution in [0.1, 0.15) is 26.3 Å². The maximum atomic E-state index is 13.6. The van der Waals surface area contributed by atoms with Gasteiger partial charge in [-0.15, -0.1) is 0 Å². The fourth-order valence-corrected chi connectivity index (χ4v) is 2.45. The third-order valence-corrected chi connectivity index (χ3v) is 3.65. The summed E-state index contributed by atoms with van der Waals surface area (Å²) in [6.45, 7) is 9.51. The minimum absolute atomic E-state index is 0.152. The van der Waals surface area contributed by atoms with Crippen molar-refractivity contribution in [3.8, 4) is 0 Å². The summed E-state index contributed by atoms with van der Waals surface area (Å²) < 4.78 is 13.6. The number of nitrogens with zero attached hydrogens (tertiary/aromatic N) is 2. The minimum atomic E-state index is -0.326. The highest BCUT2D eigenvalue weighted by Gasteiger charge is 2.29. The van der Waals surface area contributed by atoms with Crippen LogP contribution in [0.5, 0.6) is 0 Å². The summed E-state index contributed by atoms with van der Waals surface area (Å²) in [6.07, 6.45) is 0. The van der Waals surface area contributed by atoms with E-state index in [1.54, 1.807) is 6.07 Å². The topological polar surface area (TPSA) is 23.6 Å². The number of carbonyl (C=O) groups excluding carboxylic acids is 1. The van der Waals surface area contributed by atoms with E-state index in [0.717, 1.165) is 31.7 Å². The van der Waals surface area contributed by atoms with Crippen LogP contribution in [-0.2, 0) is 11.3 Å². The normalized spacial score (nSPS) is 17.3. The lowest BCUT2D eigenvalue weighted by atomic mass is 9.94. The van der Waals surface area contributed by atoms with Crippen LogP contribution in [0, 0.1) is 11.2 Å². The summed E-state index contributed by atoms with van der Waals surface area (Å²) in [4.78, 5) is 16.3. The van der Waals surface area contributed by atoms with Crippen LogP contribution in [0.4, 0.5) is 4.39 Å². The molecule has 1 aromatic carbocycles. The Hall–Kier alpha value is -1.42. The third-order valence-electron chi connectivity index (χ3n) is 3.65. The number of halogens is 1. The number of carbonyl (C=O) groups is 1. The van der Waals surface area contributed by atoms with Gasteiger partial charge in [0.1, 0.15) is 5.82 Å². The molecule has 1 aliphatic rings. The zero-order chi connectivity index (χ0) is 14.8. The Bertz CT molecular complexity index is 474. The first-order chi connectivity index (χ1) is 9.38. The van der Waals surface area contributed by atoms with Gasteiger partial charge in [-0.25, -0.2) is 4.39 Å². The zero-order valence-electron chi connectivity index (χ0n) is 12.5. The molecule has 1 fully saturated rings. The zero-order valence-corrected chi connectivity index (χ0v) is 12.5. The van der Waals surface area contributed by atoms with Crippen molar-refractivity contribution in [3.05, 3.63) is 35.6 Å². The fourth-order valence-electron chi connectivity index (χ4n) is 2.45. The Labute approximate surface area is 120 Å². The van der Waals surface area contributed by atoms with Crippen molar-refractivity contribution in [3.63, 3.8) is 0 Å². The molecule has 4 heteroatoms. The first kappa shape index (κ1) is 15.0. The summed E-state index contributed by atoms with van der Waals surface area (Å²) in [5.74, 6) is 0.0451. The van der Waals surface area contributed by atoms with Crippen molar-refractivity contribution in [1.29, 1.82) is 0 Å². The lowest BCUT2D eigenvalue weighted by molar-refractivity contribution is -0.141. The van der Waals surface area contributed by atoms with Crippen LogP contribution in [-0.4, -0.2) is 41.9 Å². The molecule has 1 amide bonds. The van der Waals surface area contributed by atoms with Gasteiger partial charge in [-0.3, -0.25) is 9.69 Å². The van der Waals surface area contributed by atoms with Crippen molar-refractivity contribution in [2.24, 2.45) is 5.41 Å². The standard InChI is InChI=1S/C16H23FN2O/c1-16(2,3)15(20)19-10-8-18(9-11-19)12-13-6-4-5-7-14(13)17/h4-7H,8-12H2,1-3H3. The van der Waals surface area contributed by atoms with Gasteiger partial charge in [0.2, 0.25) is 5.91 Å². The number of benzene rings is 1. The average molecular weight is 278 g/mol. The van der Waals surface area contributed by atoms with Crippen LogP contribution < -0.4 is 0 Å². The van der Waals surface area contributed by atoms with Gasteiger partial charge in [0.15, 0.2) is 0 Å². The summed E-state index contributed by atoms with van der Waals surface area (Å²) in [7, 11) is 0. The maximum absolute atomic E-state index is 13.6. The fraction of sp³-hybridized carbons (Fsp3) is 0.562. The molecule has 0 aromatic heterocycles. The molecule has 110 valence electrons. The SMILES string of the molecule is CC(C)(C)C(=O)N1CCN(Cc2ccccc2F)CC1. The number of piperazine rings is 1. The van der Waals surface area contributed by atoms with E-state index in [0.29, 0.717) is 6.54 Å². The minimum Gasteiger partial charge on any atom is -0.340 e. The summed E-state index contributed by atoms with van der Waals surface area (Å²) in [5.41, 5.74) is 0.399. The largest absolute Gasteiger partial charge is 0.340 e. The Morgan fingerprint density at radius 2 is 1.75 bits per heavy atom. The van der Waals surface area contributed by atoms with Crippen molar-refractivity contribution in [1.82, 2.24) is 9.80 Å². The lowest BCUT2D eigenvalue weighted by Gasteiger charge is -2.37. The smallest absolute Gasteiger partial charge is 0.228 e. The molecule has 0 aliphatic carbocycles. The van der Waals surface area contributed by atoms with Gasteiger partial charge in [-0.2, -0.15) is 0 Å². The first-order valence-corrected chi connectivity index (χ1v) is 7.13. The maximum Gasteiger partial charge on any atom is 0.228 e. The Balaban J connectivity index is 1.89. The van der Waals surface area contributed by atoms with Crippen LogP contribution in [0.25, 0.3) is 0 Å². The van der Waals surface area contributed by atoms with E-state index in [1.165, 1.54) is 6.07 Å². The van der Waals surface area contributed by atoms with E-state index in [-0.39, 0.29) is 17.1 Å². The number of rotatable bonds is 2. The first-order valence-electron chi connectivity index (χ1n) is 7.13. The molecule has 0 atom stereocenters. The monoisotopic (exact) mass is 278 g/mol. The molecule has 1 saturated heterocycles. The molecule has 0 bridgehead atoms. The highest BCUT2D eigenvalue weighted by molar-refractivity contribution is 5.81. The molecule has 3 nitrogen and oxygen atoms in total. The van der Waals surface area contributed by atoms with Crippen LogP contribution in [0.2, 0.25) is 0 Å². The highest BCUT2D eigenvalue weighted by Crippen LogP contribution is 2.19. The predicted molar refractivity (Wildman–Crippen MR) is 77.7 cm³/mol. The number of hydrogen-bond donors (Lipinski definition) is 0. The van der Waals surface area contributed by atoms with Gasteiger partial charge in [0.25, 0.3) is 0 Å². The van der Waals surface area contributed by atoms with Crippen LogP contribution in [0.15, 0.2) is 24.3 Å². The molecule has 0 radical (unpaired) electrons. The van der Waals surface area contributed by atoms with Crippen LogP contribution >= 0.6 is 0 Å². The molecule has 0 unspecified atom stereocenters. The van der Waals surface area contributed by atoms with Crippen molar-refractivity contribution < 1.29 is 9.18 Å². The molecule has 0 spiro atoms. The van der Waals surface area contributed by atoms with E-state index in [2.05, 4.69) is 4.90 Å². The molecular weight excluding hydrogens is 255 g/mol. The summed E-state index contributed by atoms with van der Waals surface area (Å²) >= 11 is 0. The molecule has 2 rings (SSSR count). The van der Waals surface area contributed by atoms with E-state index in [1.807, 2.05) is 37.8 Å². The molecule has 0 saturated carbocycles. The summed E-state index contributed by atoms with van der Waals surface area (Å²) in [6, 6.07) is 6.88. The Kier molecular flexibility index (Phi) is 4.43. The second-order valence-electron chi connectivity index (χ2n) is 6.41. The lowest BCUT2D eigenvalue weighted by Crippen LogP contribution is -2.51. The molecule has 1 aromatic rings. The highest BCUT2D eigenvalue weighted by atomic mass is 19.1. The Morgan fingerprint density at radius 3 is 2.30 bits per heavy atom. The second kappa shape index (κ2) is 5.92. The van der Waals surface area contributed by atoms with Crippen molar-refractivity contribution >= 4 is 5.91 Å². The summed E-state index contributed by atoms with van der Waals surface area (Å²) in [5, 5.41) is 0. The van der Waals surface area contributed by atoms with Gasteiger partial charge in [-0.05, 0) is 6.07 Å². The van der Waals surface area contributed by atoms with Gasteiger partial charge in [0.05, 0.1) is 0 Å². The van der Waals surface area contributed by atoms with Gasteiger partial charge in [-0.1, -0.05) is 39.0 Å². The van der Waals surface area contributed by atoms with Crippen LogP contribution in [0.3, 0.4) is 0 Å². The molecule has 0 N–H and O–H groups in total. The molecular formula is C16H23FN2O. The van der Waals surface area contributed by atoms with E-state index < -0.39 is 0 Å². The van der Waals surface area contributed by atoms with Crippen molar-refractivity contribution in [2.75, 3.05) is 26.2 Å². The van der Waals surface area contributed by atoms with Crippen molar-refractivity contribution in [2.45, 2.75) is 27.3 Å². The number of hydrogen-bond acceptors (Lipinski definition) is 2.